The summed E-state index contributed by atoms with van der Waals surface area (Å²) in [6.07, 6.45) is -0.907. The average Bonchev–Trinajstić information content (AvgIpc) is 2.98. The van der Waals surface area contributed by atoms with Crippen LogP contribution in [0.25, 0.3) is 10.9 Å². The number of nitrogens with zero attached hydrogens (tertiary/aromatic N) is 2. The lowest BCUT2D eigenvalue weighted by atomic mass is 10.1. The molecule has 1 fully saturated rings. The molecule has 1 saturated heterocycles. The van der Waals surface area contributed by atoms with Crippen LogP contribution in [0, 0.1) is 6.92 Å². The van der Waals surface area contributed by atoms with E-state index in [1.807, 2.05) is 31.2 Å². The number of carboxylic acids is 1. The molecule has 1 amide bonds. The number of aryl methyl sites for hydroxylation is 1. The second kappa shape index (κ2) is 7.06. The quantitative estimate of drug-likeness (QED) is 0.888. The lowest BCUT2D eigenvalue weighted by molar-refractivity contribution is -0.142. The molecule has 2 atom stereocenters. The van der Waals surface area contributed by atoms with Crippen LogP contribution < -0.4 is 4.74 Å². The van der Waals surface area contributed by atoms with E-state index < -0.39 is 29.8 Å². The normalized spacial score (nSPS) is 19.9. The number of carbonyl (C=O) groups is 2. The zero-order valence-electron chi connectivity index (χ0n) is 15.9. The maximum atomic E-state index is 12.4. The fourth-order valence-electron chi connectivity index (χ4n) is 3.13. The number of hydrogen-bond acceptors (Lipinski definition) is 5. The first kappa shape index (κ1) is 18.9. The molecule has 1 aromatic carbocycles. The van der Waals surface area contributed by atoms with Gasteiger partial charge in [0, 0.05) is 17.5 Å². The zero-order chi connectivity index (χ0) is 19.8. The molecule has 1 aliphatic heterocycles. The third-order valence-corrected chi connectivity index (χ3v) is 4.29. The van der Waals surface area contributed by atoms with E-state index in [1.54, 1.807) is 26.8 Å². The van der Waals surface area contributed by atoms with Gasteiger partial charge in [-0.2, -0.15) is 0 Å². The van der Waals surface area contributed by atoms with E-state index in [-0.39, 0.29) is 13.0 Å². The molecule has 144 valence electrons. The lowest BCUT2D eigenvalue weighted by Gasteiger charge is -2.26. The Bertz CT molecular complexity index is 874. The summed E-state index contributed by atoms with van der Waals surface area (Å²) in [7, 11) is 0. The van der Waals surface area contributed by atoms with Crippen LogP contribution >= 0.6 is 0 Å². The van der Waals surface area contributed by atoms with E-state index in [2.05, 4.69) is 4.98 Å². The van der Waals surface area contributed by atoms with Gasteiger partial charge in [-0.25, -0.2) is 14.6 Å². The van der Waals surface area contributed by atoms with Gasteiger partial charge >= 0.3 is 12.1 Å². The van der Waals surface area contributed by atoms with Gasteiger partial charge in [-0.3, -0.25) is 4.90 Å². The summed E-state index contributed by atoms with van der Waals surface area (Å²) in [6.45, 7) is 7.28. The number of likely N-dealkylation sites (tertiary alicyclic amines) is 1. The van der Waals surface area contributed by atoms with Crippen molar-refractivity contribution in [3.05, 3.63) is 36.0 Å². The van der Waals surface area contributed by atoms with Gasteiger partial charge in [-0.05, 0) is 39.8 Å². The predicted molar refractivity (Wildman–Crippen MR) is 99.9 cm³/mol. The first-order valence-electron chi connectivity index (χ1n) is 8.89. The first-order chi connectivity index (χ1) is 12.6. The van der Waals surface area contributed by atoms with Crippen LogP contribution in [0.15, 0.2) is 30.3 Å². The number of carbonyl (C=O) groups excluding carboxylic acids is 1. The molecule has 1 aliphatic rings. The number of rotatable bonds is 3. The Kier molecular flexibility index (Phi) is 4.95. The van der Waals surface area contributed by atoms with Crippen molar-refractivity contribution >= 4 is 23.0 Å². The third-order valence-electron chi connectivity index (χ3n) is 4.29. The van der Waals surface area contributed by atoms with Crippen LogP contribution in [0.1, 0.15) is 32.9 Å². The maximum absolute atomic E-state index is 12.4. The number of aromatic nitrogens is 1. The standard InChI is InChI=1S/C20H24N2O5/c1-12-8-9-13-6-5-7-16(17(13)21-12)26-14-10-15(18(23)24)22(11-14)19(25)27-20(2,3)4/h5-9,14-15H,10-11H2,1-4H3,(H,23,24)/t14-,15-/m0/s1. The van der Waals surface area contributed by atoms with E-state index in [9.17, 15) is 14.7 Å². The fourth-order valence-corrected chi connectivity index (χ4v) is 3.13. The highest BCUT2D eigenvalue weighted by atomic mass is 16.6. The second-order valence-corrected chi connectivity index (χ2v) is 7.74. The topological polar surface area (TPSA) is 89.0 Å². The van der Waals surface area contributed by atoms with Crippen molar-refractivity contribution in [2.75, 3.05) is 6.54 Å². The Morgan fingerprint density at radius 3 is 2.63 bits per heavy atom. The van der Waals surface area contributed by atoms with Gasteiger partial charge in [0.05, 0.1) is 6.54 Å². The van der Waals surface area contributed by atoms with Crippen LogP contribution in [0.2, 0.25) is 0 Å². The minimum Gasteiger partial charge on any atom is -0.486 e. The van der Waals surface area contributed by atoms with Crippen molar-refractivity contribution < 1.29 is 24.2 Å². The predicted octanol–water partition coefficient (Wildman–Crippen LogP) is 3.38. The number of pyridine rings is 1. The van der Waals surface area contributed by atoms with E-state index in [0.29, 0.717) is 5.75 Å². The van der Waals surface area contributed by atoms with Crippen molar-refractivity contribution in [1.82, 2.24) is 9.88 Å². The minimum atomic E-state index is -1.07. The van der Waals surface area contributed by atoms with Crippen LogP contribution in [-0.4, -0.2) is 51.3 Å². The first-order valence-corrected chi connectivity index (χ1v) is 8.89. The maximum Gasteiger partial charge on any atom is 0.411 e. The molecule has 0 saturated carbocycles. The molecule has 2 heterocycles. The van der Waals surface area contributed by atoms with E-state index in [0.717, 1.165) is 16.6 Å². The molecule has 0 unspecified atom stereocenters. The van der Waals surface area contributed by atoms with Gasteiger partial charge < -0.3 is 14.6 Å². The molecule has 0 spiro atoms. The van der Waals surface area contributed by atoms with Crippen molar-refractivity contribution in [2.45, 2.75) is 51.9 Å². The molecule has 0 aliphatic carbocycles. The summed E-state index contributed by atoms with van der Waals surface area (Å²) < 4.78 is 11.4. The minimum absolute atomic E-state index is 0.147. The van der Waals surface area contributed by atoms with Crippen molar-refractivity contribution in [2.24, 2.45) is 0 Å². The van der Waals surface area contributed by atoms with E-state index in [1.165, 1.54) is 4.90 Å². The largest absolute Gasteiger partial charge is 0.486 e. The summed E-state index contributed by atoms with van der Waals surface area (Å²) in [5.41, 5.74) is 0.889. The van der Waals surface area contributed by atoms with Gasteiger partial charge in [0.2, 0.25) is 0 Å². The molecule has 2 aromatic rings. The molecular weight excluding hydrogens is 348 g/mol. The Labute approximate surface area is 157 Å². The number of amides is 1. The van der Waals surface area contributed by atoms with E-state index >= 15 is 0 Å². The van der Waals surface area contributed by atoms with Gasteiger partial charge in [-0.15, -0.1) is 0 Å². The highest BCUT2D eigenvalue weighted by molar-refractivity contribution is 5.85. The fraction of sp³-hybridized carbons (Fsp3) is 0.450. The van der Waals surface area contributed by atoms with Gasteiger partial charge in [0.25, 0.3) is 0 Å². The van der Waals surface area contributed by atoms with Crippen molar-refractivity contribution in [3.8, 4) is 5.75 Å². The van der Waals surface area contributed by atoms with E-state index in [4.69, 9.17) is 9.47 Å². The van der Waals surface area contributed by atoms with Crippen molar-refractivity contribution in [3.63, 3.8) is 0 Å². The number of carboxylic acid groups (broad SMARTS) is 1. The Hall–Kier alpha value is -2.83. The Balaban J connectivity index is 1.82. The molecule has 3 rings (SSSR count). The van der Waals surface area contributed by atoms with Gasteiger partial charge in [-0.1, -0.05) is 18.2 Å². The molecule has 0 radical (unpaired) electrons. The zero-order valence-corrected chi connectivity index (χ0v) is 15.9. The molecule has 7 nitrogen and oxygen atoms in total. The molecule has 1 aromatic heterocycles. The Morgan fingerprint density at radius 1 is 1.22 bits per heavy atom. The SMILES string of the molecule is Cc1ccc2cccc(O[C@H]3C[C@@H](C(=O)O)N(C(=O)OC(C)(C)C)C3)c2n1. The second-order valence-electron chi connectivity index (χ2n) is 7.74. The monoisotopic (exact) mass is 372 g/mol. The van der Waals surface area contributed by atoms with Gasteiger partial charge in [0.1, 0.15) is 29.0 Å². The molecule has 1 N–H and O–H groups in total. The lowest BCUT2D eigenvalue weighted by Crippen LogP contribution is -2.43. The summed E-state index contributed by atoms with van der Waals surface area (Å²) in [4.78, 5) is 29.8. The highest BCUT2D eigenvalue weighted by Gasteiger charge is 2.42. The third kappa shape index (κ3) is 4.30. The summed E-state index contributed by atoms with van der Waals surface area (Å²) in [6, 6.07) is 8.52. The summed E-state index contributed by atoms with van der Waals surface area (Å²) in [5.74, 6) is -0.491. The number of benzene rings is 1. The highest BCUT2D eigenvalue weighted by Crippen LogP contribution is 2.29. The number of para-hydroxylation sites is 1. The molecule has 27 heavy (non-hydrogen) atoms. The average molecular weight is 372 g/mol. The van der Waals surface area contributed by atoms with Crippen LogP contribution in [0.3, 0.4) is 0 Å². The molecule has 0 bridgehead atoms. The smallest absolute Gasteiger partial charge is 0.411 e. The summed E-state index contributed by atoms with van der Waals surface area (Å²) >= 11 is 0. The number of aliphatic carboxylic acids is 1. The van der Waals surface area contributed by atoms with Crippen molar-refractivity contribution in [1.29, 1.82) is 0 Å². The number of fused-ring (bicyclic) bond motifs is 1. The number of ether oxygens (including phenoxy) is 2. The van der Waals surface area contributed by atoms with Crippen LogP contribution in [0.5, 0.6) is 5.75 Å². The molecule has 7 heteroatoms. The molecular formula is C20H24N2O5. The summed E-state index contributed by atoms with van der Waals surface area (Å²) in [5, 5.41) is 10.4. The Morgan fingerprint density at radius 2 is 1.96 bits per heavy atom. The number of hydrogen-bond donors (Lipinski definition) is 1. The van der Waals surface area contributed by atoms with Crippen LogP contribution in [-0.2, 0) is 9.53 Å². The van der Waals surface area contributed by atoms with Crippen LogP contribution in [0.4, 0.5) is 4.79 Å². The van der Waals surface area contributed by atoms with Gasteiger partial charge in [0.15, 0.2) is 0 Å².